The van der Waals surface area contributed by atoms with Crippen molar-refractivity contribution in [1.82, 2.24) is 25.8 Å². The molecule has 0 aromatic rings. The van der Waals surface area contributed by atoms with Crippen molar-refractivity contribution < 1.29 is 178 Å². The Morgan fingerprint density at radius 1 is 0.382 bits per heavy atom. The van der Waals surface area contributed by atoms with E-state index in [-0.39, 0.29) is 52.2 Å². The first-order valence-corrected chi connectivity index (χ1v) is 43.4. The second kappa shape index (κ2) is 49.4. The third-order valence-electron chi connectivity index (χ3n) is 24.2. The highest BCUT2D eigenvalue weighted by atomic mass is 79.9. The number of hydrogen-bond donors (Lipinski definition) is 36. The van der Waals surface area contributed by atoms with E-state index >= 15 is 0 Å². The van der Waals surface area contributed by atoms with Gasteiger partial charge in [-0.15, -0.1) is 0 Å². The fourth-order valence-electron chi connectivity index (χ4n) is 16.8. The molecule has 9 fully saturated rings. The Balaban J connectivity index is 0.000000465. The Kier molecular flexibility index (Phi) is 43.0. The number of aliphatic hydroxyl groups is 21. The largest absolute Gasteiger partial charge is 0.394 e. The van der Waals surface area contributed by atoms with Gasteiger partial charge in [0, 0.05) is 10.7 Å². The van der Waals surface area contributed by atoms with Crippen LogP contribution < -0.4 is 73.3 Å². The molecule has 9 aliphatic rings. The van der Waals surface area contributed by atoms with Gasteiger partial charge in [-0.1, -0.05) is 39.3 Å². The zero-order chi connectivity index (χ0) is 97.7. The smallest absolute Gasteiger partial charge is 0.188 e. The maximum absolute atomic E-state index is 12.8. The number of guanidine groups is 6. The van der Waals surface area contributed by atoms with Crippen LogP contribution in [-0.2, 0) is 71.2 Å². The predicted octanol–water partition coefficient (Wildman–Crippen LogP) is -19.7. The van der Waals surface area contributed by atoms with Crippen LogP contribution in [0.25, 0.3) is 0 Å². The number of aliphatic imine (C=N–C) groups is 4. The van der Waals surface area contributed by atoms with Crippen LogP contribution in [0.15, 0.2) is 20.0 Å². The molecule has 0 aromatic carbocycles. The summed E-state index contributed by atoms with van der Waals surface area (Å²) in [6.45, 7) is 1.40. The lowest BCUT2D eigenvalue weighted by molar-refractivity contribution is -0.324. The SMILES string of the molecule is BrCCCCBr.C.CNC1[C@H](OC2[C@H](O[C@@H]3C(O)[C@@H](O)C(N=C(N)N)C(O)[C@@H]3NC(=N)N)O[C@@H](C)[C@@]2(O)C=O)OC(CO)[C@H](O)[C@@H]1O.C[C@@H]1O[C@@H](OC2[C@@H](N=C(N)N)C(O)C(NC(=N)N)[C@H](O)[C@@H]2O)[C@@H](O[C@@H]2OC(CO)[C@H](O)C(O)[C@H]2N(C)CCCCN(C)C2[C@H](OC3[C@H](O[C@@H]4C(O)[C@@H](O)C(N=C(N)N)C(O)[C@@H]4N=C(N)N)O[C@@H](C)[C@@]3(O)C=O)OC(CO)[C@H](O)[C@@H]2O)C1(O)C=O. The standard InChI is InChI=1S/C46H84N14O24.C21H39N7O12.C4H8Br2.CH4/c1-13-45(75,11-63)35(39(77-13)81-33-19(57-43(51)52)25(67)17(55-41(47)48)27(69)31(33)73)83-37-21(29(71)23(65)15(9-61)79-37)59(3)7-5-6-8-60(4)22-30(72)24(66)16(10-62)80-38(22)84-36-40(78-14(2)46(36,76)12-64)82-34-20(58-44(53)54)26(68)18(56-42(49)50)28(70)32(34)74;1-5-21(36,4-30)16(40-17-9(26-2)13(34)10(31)6(3-29)38-17)18(37-5)39-15-8(28-20(24)25)11(32)7(27-19(22)23)12(33)14(15)35;5-3-1-2-4-6;/h11-40,61-62,65-76H,5-10H2,1-4H3,(H4,47,48,55)(H4,49,50,56)(H4,51,52,57)(H4,53,54,58);4-18,26,29,31-36H,3H2,1-2H3,(H4,22,23,27)(H4,24,25,28);1-4H2;1H4/t13-,14-,15?,16?,17?,18?,19-,20-,21+,22?,23-,24-,25?,26?,27-,28-,29?,30+,31-,32?,33?,34-,35+,36?,37-,38-,39-,40-,45?,46-;5-,6?,7?,8-,9?,10-,11?,12-,13+,14?,15-,16?,17-,18-,21-;;/m00../s1. The Hall–Kier alpha value is -5.85. The number of aliphatic hydroxyl groups excluding tert-OH is 18. The molecule has 3 aliphatic carbocycles. The summed E-state index contributed by atoms with van der Waals surface area (Å²) in [7, 11) is 4.37. The van der Waals surface area contributed by atoms with E-state index in [1.165, 1.54) is 64.6 Å². The predicted molar refractivity (Wildman–Crippen MR) is 457 cm³/mol. The molecular weight excluding hydrogens is 1890 g/mol. The van der Waals surface area contributed by atoms with Crippen molar-refractivity contribution in [2.45, 2.75) is 328 Å². The summed E-state index contributed by atoms with van der Waals surface area (Å²) in [6.07, 6.45) is -53.6. The summed E-state index contributed by atoms with van der Waals surface area (Å²) in [5, 5.41) is 256. The van der Waals surface area contributed by atoms with Crippen LogP contribution in [0.2, 0.25) is 0 Å². The van der Waals surface area contributed by atoms with Crippen molar-refractivity contribution in [3.05, 3.63) is 0 Å². The summed E-state index contributed by atoms with van der Waals surface area (Å²) >= 11 is 6.66. The summed E-state index contributed by atoms with van der Waals surface area (Å²) in [5.41, 5.74) is 47.6. The molecule has 57 nitrogen and oxygen atoms in total. The Morgan fingerprint density at radius 3 is 1.01 bits per heavy atom. The molecule has 6 saturated heterocycles. The first-order valence-electron chi connectivity index (χ1n) is 41.2. The number of rotatable bonds is 35. The van der Waals surface area contributed by atoms with Gasteiger partial charge in [-0.25, -0.2) is 20.0 Å². The number of carbonyl (C=O) groups excluding carboxylic acids is 3. The minimum atomic E-state index is -2.61. The molecule has 46 N–H and O–H groups in total. The molecule has 0 spiro atoms. The van der Waals surface area contributed by atoms with Crippen molar-refractivity contribution in [1.29, 1.82) is 10.8 Å². The fourth-order valence-corrected chi connectivity index (χ4v) is 17.6. The Morgan fingerprint density at radius 2 is 0.672 bits per heavy atom. The molecule has 0 bridgehead atoms. The number of nitrogens with zero attached hydrogens (tertiary/aromatic N) is 6. The number of nitrogens with two attached hydrogens (primary N) is 10. The quantitative estimate of drug-likeness (QED) is 0.00921. The molecule has 6 aliphatic heterocycles. The van der Waals surface area contributed by atoms with Crippen LogP contribution in [-0.4, -0.2) is 510 Å². The Bertz CT molecular complexity index is 3730. The van der Waals surface area contributed by atoms with Gasteiger partial charge in [0.25, 0.3) is 0 Å². The van der Waals surface area contributed by atoms with Gasteiger partial charge in [0.15, 0.2) is 109 Å². The second-order valence-corrected chi connectivity index (χ2v) is 34.4. The van der Waals surface area contributed by atoms with E-state index in [0.29, 0.717) is 0 Å². The third kappa shape index (κ3) is 25.6. The van der Waals surface area contributed by atoms with Gasteiger partial charge in [-0.05, 0) is 80.7 Å². The number of nitrogens with one attached hydrogen (secondary N) is 5. The van der Waals surface area contributed by atoms with Gasteiger partial charge in [-0.3, -0.25) is 35.0 Å². The van der Waals surface area contributed by atoms with E-state index in [9.17, 15) is 122 Å². The summed E-state index contributed by atoms with van der Waals surface area (Å²) in [4.78, 5) is 55.9. The number of likely N-dealkylation sites (N-methyl/N-ethyl adjacent to an activating group) is 3. The molecule has 3 saturated carbocycles. The van der Waals surface area contributed by atoms with Crippen LogP contribution >= 0.6 is 31.9 Å². The maximum Gasteiger partial charge on any atom is 0.188 e. The highest BCUT2D eigenvalue weighted by Gasteiger charge is 2.66. The van der Waals surface area contributed by atoms with Crippen LogP contribution in [0.1, 0.15) is 53.9 Å². The molecule has 6 heterocycles. The first kappa shape index (κ1) is 114. The average Bonchev–Trinajstić information content (AvgIpc) is 1.60. The molecule has 18 unspecified atom stereocenters. The van der Waals surface area contributed by atoms with Gasteiger partial charge in [0.1, 0.15) is 171 Å². The zero-order valence-corrected chi connectivity index (χ0v) is 74.7. The van der Waals surface area contributed by atoms with Gasteiger partial charge < -0.3 is 237 Å². The van der Waals surface area contributed by atoms with E-state index in [4.69, 9.17) is 125 Å². The van der Waals surface area contributed by atoms with Gasteiger partial charge in [0.2, 0.25) is 0 Å². The summed E-state index contributed by atoms with van der Waals surface area (Å²) in [5.74, 6) is -3.68. The molecule has 0 aromatic heterocycles. The zero-order valence-electron chi connectivity index (χ0n) is 71.5. The molecule has 9 rings (SSSR count). The minimum Gasteiger partial charge on any atom is -0.394 e. The lowest BCUT2D eigenvalue weighted by atomic mass is 9.81. The van der Waals surface area contributed by atoms with Gasteiger partial charge in [-0.2, -0.15) is 0 Å². The van der Waals surface area contributed by atoms with Crippen molar-refractivity contribution in [2.75, 3.05) is 64.7 Å². The fraction of sp³-hybridized carbons (Fsp3) is 0.875. The van der Waals surface area contributed by atoms with Crippen LogP contribution in [0.5, 0.6) is 0 Å². The number of unbranched alkanes of at least 4 members (excludes halogenated alkanes) is 2. The molecule has 0 radical (unpaired) electrons. The second-order valence-electron chi connectivity index (χ2n) is 32.9. The normalized spacial score (nSPS) is 44.5. The minimum absolute atomic E-state index is 0. The maximum atomic E-state index is 12.8. The third-order valence-corrected chi connectivity index (χ3v) is 25.3. The van der Waals surface area contributed by atoms with Crippen molar-refractivity contribution in [3.63, 3.8) is 0 Å². The number of carbonyl (C=O) groups is 3. The summed E-state index contributed by atoms with van der Waals surface area (Å²) in [6, 6.07) is -13.2. The molecule has 59 heteroatoms. The monoisotopic (exact) mass is 2030 g/mol. The number of halogens is 2. The van der Waals surface area contributed by atoms with E-state index in [0.717, 1.165) is 10.7 Å². The highest BCUT2D eigenvalue weighted by molar-refractivity contribution is 9.09. The van der Waals surface area contributed by atoms with E-state index in [1.807, 2.05) is 0 Å². The summed E-state index contributed by atoms with van der Waals surface area (Å²) < 4.78 is 71.1. The van der Waals surface area contributed by atoms with Gasteiger partial charge in [0.05, 0.1) is 68.3 Å². The number of ether oxygens (including phenoxy) is 12. The highest BCUT2D eigenvalue weighted by Crippen LogP contribution is 2.44. The van der Waals surface area contributed by atoms with E-state index in [1.54, 1.807) is 0 Å². The molecule has 131 heavy (non-hydrogen) atoms. The van der Waals surface area contributed by atoms with Gasteiger partial charge >= 0.3 is 0 Å². The first-order chi connectivity index (χ1) is 60.9. The molecular formula is C72H135Br2N21O36. The number of hydrogen-bond acceptors (Lipinski definition) is 45. The van der Waals surface area contributed by atoms with Crippen molar-refractivity contribution in [3.8, 4) is 0 Å². The number of alkyl halides is 2. The van der Waals surface area contributed by atoms with Crippen molar-refractivity contribution >= 4 is 86.5 Å². The Labute approximate surface area is 767 Å². The molecule has 0 amide bonds. The molecule has 45 atom stereocenters. The van der Waals surface area contributed by atoms with E-state index in [2.05, 4.69) is 67.8 Å². The lowest BCUT2D eigenvalue weighted by Gasteiger charge is -2.48. The topological polar surface area (TPSA) is 987 Å². The lowest BCUT2D eigenvalue weighted by Crippen LogP contribution is -2.70. The van der Waals surface area contributed by atoms with Crippen LogP contribution in [0, 0.1) is 10.8 Å². The van der Waals surface area contributed by atoms with Crippen LogP contribution in [0.3, 0.4) is 0 Å². The average molecular weight is 2030 g/mol. The number of aldehydes is 3. The van der Waals surface area contributed by atoms with Crippen molar-refractivity contribution in [2.24, 2.45) is 77.3 Å². The van der Waals surface area contributed by atoms with E-state index < -0.39 is 329 Å². The molecule has 758 valence electrons. The van der Waals surface area contributed by atoms with Crippen LogP contribution in [0.4, 0.5) is 0 Å².